The number of nitrogens with one attached hydrogen (secondary N) is 1. The summed E-state index contributed by atoms with van der Waals surface area (Å²) in [5.74, 6) is -1.94. The van der Waals surface area contributed by atoms with Crippen LogP contribution < -0.4 is 16.1 Å². The van der Waals surface area contributed by atoms with E-state index in [2.05, 4.69) is 9.98 Å². The number of halogens is 1. The second-order valence-electron chi connectivity index (χ2n) is 5.55. The quantitative estimate of drug-likeness (QED) is 0.664. The zero-order valence-corrected chi connectivity index (χ0v) is 13.9. The third-order valence-electron chi connectivity index (χ3n) is 4.04. The number of aromatic hydroxyl groups is 1. The summed E-state index contributed by atoms with van der Waals surface area (Å²) in [5.41, 5.74) is -1.17. The van der Waals surface area contributed by atoms with Gasteiger partial charge in [-0.15, -0.1) is 0 Å². The molecule has 2 aromatic carbocycles. The molecule has 0 saturated carbocycles. The van der Waals surface area contributed by atoms with E-state index in [-0.39, 0.29) is 21.6 Å². The minimum absolute atomic E-state index is 0.0521. The first kappa shape index (κ1) is 16.1. The van der Waals surface area contributed by atoms with E-state index in [0.29, 0.717) is 10.6 Å². The van der Waals surface area contributed by atoms with Gasteiger partial charge in [0.1, 0.15) is 11.4 Å². The monoisotopic (exact) mass is 367 g/mol. The number of hydrogen-bond acceptors (Lipinski definition) is 4. The van der Waals surface area contributed by atoms with Crippen molar-refractivity contribution in [2.24, 2.45) is 4.99 Å². The summed E-state index contributed by atoms with van der Waals surface area (Å²) in [6.45, 7) is 0. The SMILES string of the molecule is O=C1N=c2ccccc2=C1c1c(O)n(-c2ccccc2F)c(=S)[nH]c1=O. The number of nitrogens with zero attached hydrogens (tertiary/aromatic N) is 2. The van der Waals surface area contributed by atoms with E-state index < -0.39 is 23.2 Å². The van der Waals surface area contributed by atoms with Crippen molar-refractivity contribution < 1.29 is 14.3 Å². The third-order valence-corrected chi connectivity index (χ3v) is 4.32. The molecular formula is C18H10FN3O3S. The molecule has 4 rings (SSSR count). The van der Waals surface area contributed by atoms with Gasteiger partial charge in [0, 0.05) is 5.22 Å². The predicted octanol–water partition coefficient (Wildman–Crippen LogP) is 1.10. The number of carbonyl (C=O) groups is 1. The molecule has 6 nitrogen and oxygen atoms in total. The number of para-hydroxylation sites is 2. The van der Waals surface area contributed by atoms with Crippen molar-refractivity contribution in [3.8, 4) is 11.6 Å². The molecule has 0 radical (unpaired) electrons. The zero-order valence-electron chi connectivity index (χ0n) is 13.1. The maximum absolute atomic E-state index is 14.2. The fourth-order valence-electron chi connectivity index (χ4n) is 2.91. The van der Waals surface area contributed by atoms with Crippen LogP contribution in [-0.4, -0.2) is 20.6 Å². The number of aromatic nitrogens is 2. The summed E-state index contributed by atoms with van der Waals surface area (Å²) in [6.07, 6.45) is 0. The molecule has 0 spiro atoms. The zero-order chi connectivity index (χ0) is 18.4. The van der Waals surface area contributed by atoms with Gasteiger partial charge in [-0.05, 0) is 30.4 Å². The number of H-pyrrole nitrogens is 1. The summed E-state index contributed by atoms with van der Waals surface area (Å²) in [5, 5.41) is 11.5. The molecule has 0 bridgehead atoms. The first-order valence-corrected chi connectivity index (χ1v) is 7.96. The second-order valence-corrected chi connectivity index (χ2v) is 5.94. The van der Waals surface area contributed by atoms with Crippen LogP contribution in [0.1, 0.15) is 5.56 Å². The van der Waals surface area contributed by atoms with Crippen LogP contribution in [0.25, 0.3) is 11.3 Å². The van der Waals surface area contributed by atoms with Crippen LogP contribution in [-0.2, 0) is 4.79 Å². The van der Waals surface area contributed by atoms with Gasteiger partial charge in [0.2, 0.25) is 5.88 Å². The van der Waals surface area contributed by atoms with Gasteiger partial charge in [-0.3, -0.25) is 19.1 Å². The molecule has 1 aliphatic heterocycles. The molecule has 0 aliphatic carbocycles. The Morgan fingerprint density at radius 2 is 1.77 bits per heavy atom. The molecule has 3 aromatic rings. The lowest BCUT2D eigenvalue weighted by Crippen LogP contribution is -2.26. The van der Waals surface area contributed by atoms with Crippen LogP contribution in [0.2, 0.25) is 0 Å². The second kappa shape index (κ2) is 5.85. The highest BCUT2D eigenvalue weighted by Crippen LogP contribution is 2.26. The average molecular weight is 367 g/mol. The molecule has 0 atom stereocenters. The minimum Gasteiger partial charge on any atom is -0.494 e. The predicted molar refractivity (Wildman–Crippen MR) is 93.6 cm³/mol. The Hall–Kier alpha value is -3.39. The normalized spacial score (nSPS) is 12.8. The minimum atomic E-state index is -0.754. The van der Waals surface area contributed by atoms with Crippen molar-refractivity contribution in [3.05, 3.63) is 85.6 Å². The average Bonchev–Trinajstić information content (AvgIpc) is 2.92. The summed E-state index contributed by atoms with van der Waals surface area (Å²) < 4.78 is 15.0. The number of fused-ring (bicyclic) bond motifs is 1. The van der Waals surface area contributed by atoms with Gasteiger partial charge in [0.15, 0.2) is 4.77 Å². The molecule has 1 aromatic heterocycles. The number of benzene rings is 2. The summed E-state index contributed by atoms with van der Waals surface area (Å²) in [4.78, 5) is 31.1. The van der Waals surface area contributed by atoms with Crippen molar-refractivity contribution in [2.45, 2.75) is 0 Å². The summed E-state index contributed by atoms with van der Waals surface area (Å²) in [6, 6.07) is 12.3. The van der Waals surface area contributed by atoms with Crippen LogP contribution in [0.15, 0.2) is 58.3 Å². The Morgan fingerprint density at radius 3 is 2.54 bits per heavy atom. The third kappa shape index (κ3) is 2.31. The first-order valence-electron chi connectivity index (χ1n) is 7.55. The van der Waals surface area contributed by atoms with E-state index in [1.807, 2.05) is 0 Å². The van der Waals surface area contributed by atoms with Gasteiger partial charge < -0.3 is 5.11 Å². The van der Waals surface area contributed by atoms with E-state index in [1.54, 1.807) is 30.3 Å². The highest BCUT2D eigenvalue weighted by Gasteiger charge is 2.26. The van der Waals surface area contributed by atoms with E-state index >= 15 is 0 Å². The van der Waals surface area contributed by atoms with Crippen molar-refractivity contribution >= 4 is 23.7 Å². The van der Waals surface area contributed by atoms with Crippen LogP contribution in [0.5, 0.6) is 5.88 Å². The van der Waals surface area contributed by atoms with Crippen LogP contribution in [0.4, 0.5) is 4.39 Å². The maximum atomic E-state index is 14.2. The standard InChI is InChI=1S/C18H10FN3O3S/c19-10-6-2-4-8-12(10)22-17(25)14(16(24)21-18(22)26)13-9-5-1-3-7-11(9)20-15(13)23/h1-8,25H,(H,21,24,26). The highest BCUT2D eigenvalue weighted by atomic mass is 32.1. The van der Waals surface area contributed by atoms with Gasteiger partial charge in [-0.25, -0.2) is 9.38 Å². The molecule has 26 heavy (non-hydrogen) atoms. The van der Waals surface area contributed by atoms with E-state index in [0.717, 1.165) is 4.57 Å². The largest absolute Gasteiger partial charge is 0.494 e. The van der Waals surface area contributed by atoms with E-state index in [1.165, 1.54) is 18.2 Å². The van der Waals surface area contributed by atoms with Crippen LogP contribution in [0, 0.1) is 10.6 Å². The van der Waals surface area contributed by atoms with Gasteiger partial charge in [0.25, 0.3) is 11.5 Å². The lowest BCUT2D eigenvalue weighted by atomic mass is 10.1. The topological polar surface area (TPSA) is 87.4 Å². The van der Waals surface area contributed by atoms with Crippen molar-refractivity contribution in [3.63, 3.8) is 0 Å². The smallest absolute Gasteiger partial charge is 0.279 e. The number of rotatable bonds is 2. The van der Waals surface area contributed by atoms with Crippen molar-refractivity contribution in [1.82, 2.24) is 9.55 Å². The molecule has 128 valence electrons. The Bertz CT molecular complexity index is 1320. The highest BCUT2D eigenvalue weighted by molar-refractivity contribution is 7.71. The molecule has 1 amide bonds. The molecule has 1 aliphatic rings. The van der Waals surface area contributed by atoms with Crippen LogP contribution >= 0.6 is 12.2 Å². The lowest BCUT2D eigenvalue weighted by molar-refractivity contribution is -0.112. The fraction of sp³-hybridized carbons (Fsp3) is 0. The van der Waals surface area contributed by atoms with Gasteiger partial charge in [0.05, 0.1) is 16.6 Å². The molecule has 0 unspecified atom stereocenters. The Morgan fingerprint density at radius 1 is 1.08 bits per heavy atom. The molecular weight excluding hydrogens is 357 g/mol. The molecule has 2 N–H and O–H groups in total. The van der Waals surface area contributed by atoms with Crippen molar-refractivity contribution in [1.29, 1.82) is 0 Å². The number of aromatic amines is 1. The number of carbonyl (C=O) groups excluding carboxylic acids is 1. The Balaban J connectivity index is 2.14. The maximum Gasteiger partial charge on any atom is 0.279 e. The number of amides is 1. The first-order chi connectivity index (χ1) is 12.5. The van der Waals surface area contributed by atoms with Crippen LogP contribution in [0.3, 0.4) is 0 Å². The molecule has 2 heterocycles. The Labute approximate surface area is 150 Å². The van der Waals surface area contributed by atoms with Gasteiger partial charge in [-0.2, -0.15) is 0 Å². The Kier molecular flexibility index (Phi) is 3.62. The number of hydrogen-bond donors (Lipinski definition) is 2. The molecule has 8 heteroatoms. The van der Waals surface area contributed by atoms with E-state index in [4.69, 9.17) is 12.2 Å². The summed E-state index contributed by atoms with van der Waals surface area (Å²) in [7, 11) is 0. The van der Waals surface area contributed by atoms with Gasteiger partial charge in [-0.1, -0.05) is 30.3 Å². The van der Waals surface area contributed by atoms with E-state index in [9.17, 15) is 19.1 Å². The summed E-state index contributed by atoms with van der Waals surface area (Å²) >= 11 is 5.07. The van der Waals surface area contributed by atoms with Gasteiger partial charge >= 0.3 is 0 Å². The fourth-order valence-corrected chi connectivity index (χ4v) is 3.19. The lowest BCUT2D eigenvalue weighted by Gasteiger charge is -2.13. The molecule has 0 saturated heterocycles. The molecule has 0 fully saturated rings. The van der Waals surface area contributed by atoms with Crippen molar-refractivity contribution in [2.75, 3.05) is 0 Å².